The maximum absolute atomic E-state index is 13.4. The Labute approximate surface area is 103 Å². The first-order valence-electron chi connectivity index (χ1n) is 4.94. The van der Waals surface area contributed by atoms with Crippen molar-refractivity contribution in [1.82, 2.24) is 9.55 Å². The number of H-pyrrole nitrogens is 1. The molecule has 1 fully saturated rings. The molecule has 94 valence electrons. The summed E-state index contributed by atoms with van der Waals surface area (Å²) in [6, 6.07) is 0. The van der Waals surface area contributed by atoms with Gasteiger partial charge in [0.1, 0.15) is 18.5 Å². The molecule has 1 aromatic rings. The lowest BCUT2D eigenvalue weighted by atomic mass is 10.2. The van der Waals surface area contributed by atoms with Gasteiger partial charge in [-0.3, -0.25) is 14.3 Å². The van der Waals surface area contributed by atoms with Crippen LogP contribution < -0.4 is 11.2 Å². The Hall–Kier alpha value is -0.990. The Balaban J connectivity index is 2.34. The second-order valence-corrected chi connectivity index (χ2v) is 4.56. The van der Waals surface area contributed by atoms with Crippen molar-refractivity contribution in [3.8, 4) is 0 Å². The van der Waals surface area contributed by atoms with Gasteiger partial charge in [-0.05, 0) is 15.9 Å². The van der Waals surface area contributed by atoms with Crippen molar-refractivity contribution in [2.24, 2.45) is 0 Å². The number of hydrogen-bond donors (Lipinski definition) is 2. The molecule has 0 spiro atoms. The number of aliphatic hydroxyl groups is 1. The van der Waals surface area contributed by atoms with Gasteiger partial charge in [-0.15, -0.1) is 0 Å². The zero-order valence-corrected chi connectivity index (χ0v) is 10.2. The Kier molecular flexibility index (Phi) is 3.45. The lowest BCUT2D eigenvalue weighted by molar-refractivity contribution is -0.0356. The summed E-state index contributed by atoms with van der Waals surface area (Å²) in [4.78, 5) is 24.7. The van der Waals surface area contributed by atoms with Gasteiger partial charge in [-0.25, -0.2) is 9.18 Å². The minimum atomic E-state index is -1.33. The Morgan fingerprint density at radius 3 is 2.94 bits per heavy atom. The minimum absolute atomic E-state index is 0.0381. The molecule has 0 bridgehead atoms. The first-order valence-corrected chi connectivity index (χ1v) is 5.73. The molecule has 0 aliphatic carbocycles. The number of nitrogens with zero attached hydrogens (tertiary/aromatic N) is 1. The van der Waals surface area contributed by atoms with Crippen molar-refractivity contribution in [3.05, 3.63) is 31.5 Å². The molecule has 2 rings (SSSR count). The van der Waals surface area contributed by atoms with E-state index in [9.17, 15) is 14.0 Å². The van der Waals surface area contributed by atoms with Gasteiger partial charge >= 0.3 is 5.69 Å². The van der Waals surface area contributed by atoms with E-state index in [-0.39, 0.29) is 10.9 Å². The molecule has 0 radical (unpaired) electrons. The van der Waals surface area contributed by atoms with Crippen molar-refractivity contribution in [2.45, 2.75) is 24.9 Å². The minimum Gasteiger partial charge on any atom is -0.394 e. The predicted molar refractivity (Wildman–Crippen MR) is 59.5 cm³/mol. The van der Waals surface area contributed by atoms with E-state index in [4.69, 9.17) is 9.84 Å². The van der Waals surface area contributed by atoms with Crippen LogP contribution in [-0.2, 0) is 4.74 Å². The highest BCUT2D eigenvalue weighted by molar-refractivity contribution is 9.10. The average molecular weight is 309 g/mol. The van der Waals surface area contributed by atoms with Crippen LogP contribution in [0.1, 0.15) is 12.6 Å². The standard InChI is InChI=1S/C9H10BrFN2O4/c10-4-2-13(9(16)12-8(4)15)7-1-5(11)6(3-14)17-7/h2,5-7,14H,1,3H2,(H,12,15,16)/t5?,6-,7-/m1/s1. The van der Waals surface area contributed by atoms with E-state index >= 15 is 0 Å². The van der Waals surface area contributed by atoms with E-state index in [1.165, 1.54) is 6.20 Å². The van der Waals surface area contributed by atoms with Crippen LogP contribution in [-0.4, -0.2) is 33.5 Å². The number of hydrogen-bond acceptors (Lipinski definition) is 4. The van der Waals surface area contributed by atoms with Crippen LogP contribution in [0.5, 0.6) is 0 Å². The fourth-order valence-electron chi connectivity index (χ4n) is 1.70. The van der Waals surface area contributed by atoms with Gasteiger partial charge in [-0.2, -0.15) is 0 Å². The van der Waals surface area contributed by atoms with Crippen LogP contribution in [0, 0.1) is 0 Å². The number of alkyl halides is 1. The fraction of sp³-hybridized carbons (Fsp3) is 0.556. The zero-order valence-electron chi connectivity index (χ0n) is 8.60. The van der Waals surface area contributed by atoms with Crippen LogP contribution in [0.4, 0.5) is 4.39 Å². The maximum atomic E-state index is 13.4. The van der Waals surface area contributed by atoms with E-state index in [2.05, 4.69) is 20.9 Å². The highest BCUT2D eigenvalue weighted by Crippen LogP contribution is 2.29. The molecule has 2 heterocycles. The van der Waals surface area contributed by atoms with Crippen molar-refractivity contribution in [2.75, 3.05) is 6.61 Å². The molecule has 2 N–H and O–H groups in total. The van der Waals surface area contributed by atoms with E-state index in [1.54, 1.807) is 0 Å². The van der Waals surface area contributed by atoms with Crippen molar-refractivity contribution >= 4 is 15.9 Å². The van der Waals surface area contributed by atoms with Crippen molar-refractivity contribution < 1.29 is 14.2 Å². The molecule has 1 aliphatic rings. The van der Waals surface area contributed by atoms with Gasteiger partial charge in [0, 0.05) is 12.6 Å². The summed E-state index contributed by atoms with van der Waals surface area (Å²) >= 11 is 2.97. The van der Waals surface area contributed by atoms with E-state index in [1.807, 2.05) is 0 Å². The number of ether oxygens (including phenoxy) is 1. The second kappa shape index (κ2) is 4.71. The number of aromatic nitrogens is 2. The summed E-state index contributed by atoms with van der Waals surface area (Å²) in [6.45, 7) is -0.447. The Morgan fingerprint density at radius 2 is 2.35 bits per heavy atom. The lowest BCUT2D eigenvalue weighted by Crippen LogP contribution is -2.32. The molecule has 0 amide bonds. The molecule has 1 unspecified atom stereocenters. The highest BCUT2D eigenvalue weighted by Gasteiger charge is 2.36. The van der Waals surface area contributed by atoms with Crippen LogP contribution >= 0.6 is 15.9 Å². The monoisotopic (exact) mass is 308 g/mol. The van der Waals surface area contributed by atoms with Gasteiger partial charge in [-0.1, -0.05) is 0 Å². The predicted octanol–water partition coefficient (Wildman–Crippen LogP) is -0.0830. The molecular formula is C9H10BrFN2O4. The van der Waals surface area contributed by atoms with E-state index in [0.717, 1.165) is 4.57 Å². The normalized spacial score (nSPS) is 28.5. The SMILES string of the molecule is O=c1[nH]c(=O)n([C@H]2CC(F)[C@@H](CO)O2)cc1Br. The second-order valence-electron chi connectivity index (χ2n) is 3.71. The molecule has 8 heteroatoms. The number of rotatable bonds is 2. The number of aromatic amines is 1. The average Bonchev–Trinajstić information content (AvgIpc) is 2.65. The first kappa shape index (κ1) is 12.5. The van der Waals surface area contributed by atoms with Crippen molar-refractivity contribution in [1.29, 1.82) is 0 Å². The third kappa shape index (κ3) is 2.33. The molecule has 6 nitrogen and oxygen atoms in total. The molecular weight excluding hydrogens is 299 g/mol. The summed E-state index contributed by atoms with van der Waals surface area (Å²) in [6.07, 6.45) is -1.87. The van der Waals surface area contributed by atoms with Crippen LogP contribution in [0.15, 0.2) is 20.3 Å². The summed E-state index contributed by atoms with van der Waals surface area (Å²) in [7, 11) is 0. The molecule has 0 aromatic carbocycles. The van der Waals surface area contributed by atoms with Crippen molar-refractivity contribution in [3.63, 3.8) is 0 Å². The first-order chi connectivity index (χ1) is 8.02. The quantitative estimate of drug-likeness (QED) is 0.800. The molecule has 3 atom stereocenters. The van der Waals surface area contributed by atoms with Gasteiger partial charge in [0.2, 0.25) is 0 Å². The summed E-state index contributed by atoms with van der Waals surface area (Å²) in [5.74, 6) is 0. The zero-order chi connectivity index (χ0) is 12.6. The number of halogens is 2. The van der Waals surface area contributed by atoms with Gasteiger partial charge in [0.05, 0.1) is 11.1 Å². The Morgan fingerprint density at radius 1 is 1.65 bits per heavy atom. The fourth-order valence-corrected chi connectivity index (χ4v) is 2.02. The maximum Gasteiger partial charge on any atom is 0.330 e. The highest BCUT2D eigenvalue weighted by atomic mass is 79.9. The molecule has 0 saturated carbocycles. The Bertz CT molecular complexity index is 528. The van der Waals surface area contributed by atoms with Gasteiger partial charge in [0.25, 0.3) is 5.56 Å². The molecule has 17 heavy (non-hydrogen) atoms. The third-order valence-electron chi connectivity index (χ3n) is 2.58. The largest absolute Gasteiger partial charge is 0.394 e. The van der Waals surface area contributed by atoms with Gasteiger partial charge < -0.3 is 9.84 Å². The summed E-state index contributed by atoms with van der Waals surface area (Å²) in [5, 5.41) is 8.85. The van der Waals surface area contributed by atoms with E-state index < -0.39 is 36.4 Å². The van der Waals surface area contributed by atoms with Gasteiger partial charge in [0.15, 0.2) is 0 Å². The van der Waals surface area contributed by atoms with Crippen LogP contribution in [0.2, 0.25) is 0 Å². The van der Waals surface area contributed by atoms with Crippen LogP contribution in [0.3, 0.4) is 0 Å². The molecule has 1 aromatic heterocycles. The van der Waals surface area contributed by atoms with Crippen LogP contribution in [0.25, 0.3) is 0 Å². The van der Waals surface area contributed by atoms with E-state index in [0.29, 0.717) is 0 Å². The lowest BCUT2D eigenvalue weighted by Gasteiger charge is -2.14. The summed E-state index contributed by atoms with van der Waals surface area (Å²) in [5.41, 5.74) is -1.23. The smallest absolute Gasteiger partial charge is 0.330 e. The molecule has 1 aliphatic heterocycles. The number of nitrogens with one attached hydrogen (secondary N) is 1. The summed E-state index contributed by atoms with van der Waals surface area (Å²) < 4.78 is 19.8. The molecule has 1 saturated heterocycles. The topological polar surface area (TPSA) is 84.3 Å². The third-order valence-corrected chi connectivity index (χ3v) is 3.14. The number of aliphatic hydroxyl groups excluding tert-OH is 1.